The van der Waals surface area contributed by atoms with E-state index in [0.29, 0.717) is 6.04 Å². The Labute approximate surface area is 127 Å². The van der Waals surface area contributed by atoms with E-state index in [4.69, 9.17) is 11.6 Å². The molecule has 0 unspecified atom stereocenters. The Bertz CT molecular complexity index is 446. The molecule has 2 fully saturated rings. The number of rotatable bonds is 3. The van der Waals surface area contributed by atoms with E-state index in [-0.39, 0.29) is 0 Å². The third-order valence-corrected chi connectivity index (χ3v) is 5.41. The van der Waals surface area contributed by atoms with Crippen molar-refractivity contribution >= 4 is 17.3 Å². The van der Waals surface area contributed by atoms with Crippen LogP contribution >= 0.6 is 11.6 Å². The quantitative estimate of drug-likeness (QED) is 0.884. The molecule has 0 atom stereocenters. The molecule has 0 spiro atoms. The fourth-order valence-corrected chi connectivity index (χ4v) is 3.84. The molecule has 0 aromatic heterocycles. The van der Waals surface area contributed by atoms with Gasteiger partial charge < -0.3 is 10.2 Å². The van der Waals surface area contributed by atoms with Crippen LogP contribution in [0.1, 0.15) is 44.1 Å². The number of piperidine rings is 1. The lowest BCUT2D eigenvalue weighted by molar-refractivity contribution is 0.159. The molecule has 3 rings (SSSR count). The minimum absolute atomic E-state index is 0.602. The van der Waals surface area contributed by atoms with Crippen molar-refractivity contribution in [3.05, 3.63) is 28.8 Å². The molecule has 2 aliphatic rings. The SMILES string of the molecule is Cc1c(Cl)cccc1NC1CCN(C2CCCC2)CC1. The van der Waals surface area contributed by atoms with E-state index >= 15 is 0 Å². The molecule has 1 N–H and O–H groups in total. The maximum Gasteiger partial charge on any atom is 0.0455 e. The minimum Gasteiger partial charge on any atom is -0.382 e. The highest BCUT2D eigenvalue weighted by Crippen LogP contribution is 2.28. The molecule has 0 radical (unpaired) electrons. The Balaban J connectivity index is 1.54. The molecule has 1 aromatic rings. The molecule has 0 amide bonds. The number of likely N-dealkylation sites (tertiary alicyclic amines) is 1. The average Bonchev–Trinajstić information content (AvgIpc) is 2.99. The molecule has 3 heteroatoms. The van der Waals surface area contributed by atoms with Crippen molar-refractivity contribution in [2.75, 3.05) is 18.4 Å². The van der Waals surface area contributed by atoms with Crippen molar-refractivity contribution in [1.82, 2.24) is 4.90 Å². The number of hydrogen-bond acceptors (Lipinski definition) is 2. The molecular weight excluding hydrogens is 268 g/mol. The molecule has 1 saturated carbocycles. The first kappa shape index (κ1) is 14.2. The Morgan fingerprint density at radius 1 is 1.10 bits per heavy atom. The molecule has 1 aromatic carbocycles. The van der Waals surface area contributed by atoms with E-state index in [1.807, 2.05) is 12.1 Å². The van der Waals surface area contributed by atoms with Gasteiger partial charge in [0, 0.05) is 35.9 Å². The van der Waals surface area contributed by atoms with Crippen molar-refractivity contribution < 1.29 is 0 Å². The number of halogens is 1. The van der Waals surface area contributed by atoms with Gasteiger partial charge in [-0.3, -0.25) is 0 Å². The van der Waals surface area contributed by atoms with Crippen molar-refractivity contribution in [2.45, 2.75) is 57.5 Å². The summed E-state index contributed by atoms with van der Waals surface area (Å²) in [7, 11) is 0. The predicted molar refractivity (Wildman–Crippen MR) is 86.7 cm³/mol. The highest BCUT2D eigenvalue weighted by Gasteiger charge is 2.27. The van der Waals surface area contributed by atoms with Gasteiger partial charge in [-0.25, -0.2) is 0 Å². The van der Waals surface area contributed by atoms with Gasteiger partial charge in [0.25, 0.3) is 0 Å². The van der Waals surface area contributed by atoms with Crippen LogP contribution in [0.5, 0.6) is 0 Å². The third kappa shape index (κ3) is 3.12. The number of benzene rings is 1. The molecule has 0 bridgehead atoms. The van der Waals surface area contributed by atoms with Crippen LogP contribution in [-0.4, -0.2) is 30.1 Å². The summed E-state index contributed by atoms with van der Waals surface area (Å²) < 4.78 is 0. The number of nitrogens with zero attached hydrogens (tertiary/aromatic N) is 1. The van der Waals surface area contributed by atoms with Crippen LogP contribution in [0.2, 0.25) is 5.02 Å². The summed E-state index contributed by atoms with van der Waals surface area (Å²) in [6.07, 6.45) is 8.22. The van der Waals surface area contributed by atoms with Crippen LogP contribution < -0.4 is 5.32 Å². The monoisotopic (exact) mass is 292 g/mol. The lowest BCUT2D eigenvalue weighted by atomic mass is 10.0. The first-order chi connectivity index (χ1) is 9.74. The van der Waals surface area contributed by atoms with E-state index in [1.54, 1.807) is 0 Å². The molecule has 1 heterocycles. The largest absolute Gasteiger partial charge is 0.382 e. The van der Waals surface area contributed by atoms with Gasteiger partial charge in [-0.15, -0.1) is 0 Å². The molecule has 2 nitrogen and oxygen atoms in total. The van der Waals surface area contributed by atoms with E-state index in [1.165, 1.54) is 62.9 Å². The first-order valence-corrected chi connectivity index (χ1v) is 8.37. The van der Waals surface area contributed by atoms with E-state index in [9.17, 15) is 0 Å². The van der Waals surface area contributed by atoms with E-state index in [2.05, 4.69) is 23.2 Å². The zero-order chi connectivity index (χ0) is 13.9. The Kier molecular flexibility index (Phi) is 4.52. The summed E-state index contributed by atoms with van der Waals surface area (Å²) in [5, 5.41) is 4.55. The molecule has 1 aliphatic heterocycles. The standard InChI is InChI=1S/C17H25ClN2/c1-13-16(18)7-4-8-17(13)19-14-9-11-20(12-10-14)15-5-2-3-6-15/h4,7-8,14-15,19H,2-3,5-6,9-12H2,1H3. The molecule has 1 saturated heterocycles. The van der Waals surface area contributed by atoms with Gasteiger partial charge in [0.05, 0.1) is 0 Å². The van der Waals surface area contributed by atoms with Crippen LogP contribution in [0.25, 0.3) is 0 Å². The van der Waals surface area contributed by atoms with E-state index < -0.39 is 0 Å². The zero-order valence-corrected chi connectivity index (χ0v) is 13.1. The maximum absolute atomic E-state index is 6.19. The summed E-state index contributed by atoms with van der Waals surface area (Å²) in [4.78, 5) is 2.72. The van der Waals surface area contributed by atoms with Crippen molar-refractivity contribution in [2.24, 2.45) is 0 Å². The number of nitrogens with one attached hydrogen (secondary N) is 1. The van der Waals surface area contributed by atoms with Crippen molar-refractivity contribution in [3.63, 3.8) is 0 Å². The minimum atomic E-state index is 0.602. The van der Waals surface area contributed by atoms with Crippen molar-refractivity contribution in [3.8, 4) is 0 Å². The van der Waals surface area contributed by atoms with Crippen LogP contribution in [-0.2, 0) is 0 Å². The fraction of sp³-hybridized carbons (Fsp3) is 0.647. The van der Waals surface area contributed by atoms with E-state index in [0.717, 1.165) is 11.1 Å². The number of anilines is 1. The fourth-order valence-electron chi connectivity index (χ4n) is 3.66. The van der Waals surface area contributed by atoms with Gasteiger partial charge >= 0.3 is 0 Å². The number of hydrogen-bond donors (Lipinski definition) is 1. The lowest BCUT2D eigenvalue weighted by Crippen LogP contribution is -2.43. The van der Waals surface area contributed by atoms with Crippen LogP contribution in [0, 0.1) is 6.92 Å². The Morgan fingerprint density at radius 2 is 1.80 bits per heavy atom. The van der Waals surface area contributed by atoms with Gasteiger partial charge in [-0.1, -0.05) is 30.5 Å². The maximum atomic E-state index is 6.19. The average molecular weight is 293 g/mol. The molecule has 1 aliphatic carbocycles. The van der Waals surface area contributed by atoms with Gasteiger partial charge in [-0.2, -0.15) is 0 Å². The van der Waals surface area contributed by atoms with Crippen LogP contribution in [0.15, 0.2) is 18.2 Å². The smallest absolute Gasteiger partial charge is 0.0455 e. The summed E-state index contributed by atoms with van der Waals surface area (Å²) in [5.41, 5.74) is 2.38. The van der Waals surface area contributed by atoms with Gasteiger partial charge in [0.2, 0.25) is 0 Å². The second-order valence-electron chi connectivity index (χ2n) is 6.31. The lowest BCUT2D eigenvalue weighted by Gasteiger charge is -2.36. The topological polar surface area (TPSA) is 15.3 Å². The van der Waals surface area contributed by atoms with Crippen molar-refractivity contribution in [1.29, 1.82) is 0 Å². The highest BCUT2D eigenvalue weighted by atomic mass is 35.5. The summed E-state index contributed by atoms with van der Waals surface area (Å²) in [6, 6.07) is 7.62. The normalized spacial score (nSPS) is 22.3. The molecule has 20 heavy (non-hydrogen) atoms. The van der Waals surface area contributed by atoms with Crippen LogP contribution in [0.4, 0.5) is 5.69 Å². The summed E-state index contributed by atoms with van der Waals surface area (Å²) in [5.74, 6) is 0. The van der Waals surface area contributed by atoms with Gasteiger partial charge in [0.15, 0.2) is 0 Å². The Hall–Kier alpha value is -0.730. The second-order valence-corrected chi connectivity index (χ2v) is 6.71. The molecule has 110 valence electrons. The van der Waals surface area contributed by atoms with Crippen LogP contribution in [0.3, 0.4) is 0 Å². The predicted octanol–water partition coefficient (Wildman–Crippen LogP) is 4.47. The summed E-state index contributed by atoms with van der Waals surface area (Å²) >= 11 is 6.19. The zero-order valence-electron chi connectivity index (χ0n) is 12.4. The third-order valence-electron chi connectivity index (χ3n) is 5.00. The second kappa shape index (κ2) is 6.36. The Morgan fingerprint density at radius 3 is 2.50 bits per heavy atom. The van der Waals surface area contributed by atoms with Gasteiger partial charge in [0.1, 0.15) is 0 Å². The first-order valence-electron chi connectivity index (χ1n) is 8.00. The molecular formula is C17H25ClN2. The summed E-state index contributed by atoms with van der Waals surface area (Å²) in [6.45, 7) is 4.60. The van der Waals surface area contributed by atoms with Gasteiger partial charge in [-0.05, 0) is 50.3 Å². The highest BCUT2D eigenvalue weighted by molar-refractivity contribution is 6.31.